The maximum Gasteiger partial charge on any atom is 0.309 e. The Balaban J connectivity index is 0.000000176. The number of esters is 2. The Kier molecular flexibility index (Phi) is 13.1. The molecule has 0 spiro atoms. The Labute approximate surface area is 282 Å². The SMILES string of the molecule is CCOC(=O)C1CCN(c2ccnc3c2c(C=O)cn3C)CC1.CCOC(=O)C1CCNCC1.Cn1cc(C=O)c2c(Br)ccnc21. The van der Waals surface area contributed by atoms with Crippen LogP contribution in [0.4, 0.5) is 5.69 Å². The summed E-state index contributed by atoms with van der Waals surface area (Å²) in [6, 6.07) is 3.77. The van der Waals surface area contributed by atoms with Crippen molar-refractivity contribution in [2.45, 2.75) is 39.5 Å². The highest BCUT2D eigenvalue weighted by atomic mass is 79.9. The van der Waals surface area contributed by atoms with Gasteiger partial charge in [-0.3, -0.25) is 19.2 Å². The van der Waals surface area contributed by atoms with E-state index in [1.54, 1.807) is 24.8 Å². The molecule has 1 N–H and O–H groups in total. The summed E-state index contributed by atoms with van der Waals surface area (Å²) in [4.78, 5) is 55.9. The van der Waals surface area contributed by atoms with E-state index in [-0.39, 0.29) is 23.8 Å². The molecule has 2 aliphatic rings. The van der Waals surface area contributed by atoms with Gasteiger partial charge >= 0.3 is 11.9 Å². The summed E-state index contributed by atoms with van der Waals surface area (Å²) in [6.45, 7) is 8.05. The zero-order valence-electron chi connectivity index (χ0n) is 27.4. The number of carbonyl (C=O) groups is 4. The third-order valence-electron chi connectivity index (χ3n) is 8.37. The third kappa shape index (κ3) is 8.63. The normalized spacial score (nSPS) is 15.3. The number of nitrogens with one attached hydrogen (secondary N) is 1. The van der Waals surface area contributed by atoms with Gasteiger partial charge in [0.25, 0.3) is 0 Å². The van der Waals surface area contributed by atoms with Crippen molar-refractivity contribution in [3.05, 3.63) is 52.5 Å². The number of hydrogen-bond donors (Lipinski definition) is 1. The van der Waals surface area contributed by atoms with Gasteiger partial charge in [0.1, 0.15) is 11.3 Å². The molecule has 0 unspecified atom stereocenters. The van der Waals surface area contributed by atoms with Crippen molar-refractivity contribution in [1.82, 2.24) is 24.4 Å². The summed E-state index contributed by atoms with van der Waals surface area (Å²) < 4.78 is 14.6. The standard InChI is InChI=1S/C17H21N3O3.C9H7BrN2O.C8H15NO2/c1-3-23-17(22)12-5-8-20(9-6-12)14-4-7-18-16-15(14)13(11-21)10-19(16)2;1-12-4-6(5-13)8-7(10)2-3-11-9(8)12;1-2-11-8(10)7-3-5-9-6-4-7/h4,7,10-12H,3,5-6,8-9H2,1-2H3;2-5H,1H3;7,9H,2-6H2,1H3. The van der Waals surface area contributed by atoms with Crippen molar-refractivity contribution in [2.24, 2.45) is 25.9 Å². The molecule has 12 nitrogen and oxygen atoms in total. The van der Waals surface area contributed by atoms with Gasteiger partial charge in [0, 0.05) is 73.0 Å². The van der Waals surface area contributed by atoms with E-state index in [4.69, 9.17) is 9.47 Å². The zero-order valence-corrected chi connectivity index (χ0v) is 29.0. The Hall–Kier alpha value is -4.10. The second-order valence-electron chi connectivity index (χ2n) is 11.4. The predicted molar refractivity (Wildman–Crippen MR) is 184 cm³/mol. The van der Waals surface area contributed by atoms with Gasteiger partial charge in [-0.25, -0.2) is 9.97 Å². The number of hydrogen-bond acceptors (Lipinski definition) is 10. The second kappa shape index (κ2) is 17.2. The number of rotatable bonds is 7. The number of aldehydes is 2. The van der Waals surface area contributed by atoms with Crippen LogP contribution in [0.5, 0.6) is 0 Å². The van der Waals surface area contributed by atoms with Crippen molar-refractivity contribution in [3.63, 3.8) is 0 Å². The number of carbonyl (C=O) groups excluding carboxylic acids is 4. The molecule has 4 aromatic heterocycles. The largest absolute Gasteiger partial charge is 0.466 e. The number of fused-ring (bicyclic) bond motifs is 2. The molecule has 0 amide bonds. The molecule has 0 aromatic carbocycles. The van der Waals surface area contributed by atoms with Crippen LogP contribution in [0.25, 0.3) is 22.1 Å². The molecule has 6 heterocycles. The zero-order chi connectivity index (χ0) is 33.9. The first kappa shape index (κ1) is 35.7. The van der Waals surface area contributed by atoms with Gasteiger partial charge in [0.05, 0.1) is 36.1 Å². The van der Waals surface area contributed by atoms with E-state index < -0.39 is 0 Å². The van der Waals surface area contributed by atoms with E-state index in [0.29, 0.717) is 24.3 Å². The number of halogens is 1. The summed E-state index contributed by atoms with van der Waals surface area (Å²) in [5.74, 6) is 0.00959. The maximum atomic E-state index is 11.9. The minimum Gasteiger partial charge on any atom is -0.466 e. The molecule has 13 heteroatoms. The Morgan fingerprint density at radius 2 is 1.32 bits per heavy atom. The molecule has 2 saturated heterocycles. The highest BCUT2D eigenvalue weighted by Crippen LogP contribution is 2.32. The highest BCUT2D eigenvalue weighted by Gasteiger charge is 2.27. The lowest BCUT2D eigenvalue weighted by Crippen LogP contribution is -2.37. The summed E-state index contributed by atoms with van der Waals surface area (Å²) >= 11 is 3.39. The van der Waals surface area contributed by atoms with E-state index >= 15 is 0 Å². The Morgan fingerprint density at radius 3 is 1.85 bits per heavy atom. The van der Waals surface area contributed by atoms with Crippen LogP contribution in [0.2, 0.25) is 0 Å². The fraction of sp³-hybridized carbons (Fsp3) is 0.471. The first-order valence-electron chi connectivity index (χ1n) is 16.0. The van der Waals surface area contributed by atoms with Crippen LogP contribution in [0.3, 0.4) is 0 Å². The number of nitrogens with zero attached hydrogens (tertiary/aromatic N) is 5. The van der Waals surface area contributed by atoms with E-state index in [2.05, 4.69) is 36.1 Å². The lowest BCUT2D eigenvalue weighted by atomic mass is 9.96. The molecule has 6 rings (SSSR count). The minimum atomic E-state index is -0.0969. The van der Waals surface area contributed by atoms with Crippen molar-refractivity contribution in [3.8, 4) is 0 Å². The van der Waals surface area contributed by atoms with Crippen LogP contribution in [0, 0.1) is 11.8 Å². The average Bonchev–Trinajstić information content (AvgIpc) is 3.62. The van der Waals surface area contributed by atoms with Crippen LogP contribution >= 0.6 is 15.9 Å². The smallest absolute Gasteiger partial charge is 0.309 e. The first-order chi connectivity index (χ1) is 22.7. The van der Waals surface area contributed by atoms with Gasteiger partial charge in [-0.1, -0.05) is 0 Å². The molecule has 4 aromatic rings. The van der Waals surface area contributed by atoms with Crippen LogP contribution in [-0.2, 0) is 33.2 Å². The summed E-state index contributed by atoms with van der Waals surface area (Å²) in [7, 11) is 3.76. The predicted octanol–water partition coefficient (Wildman–Crippen LogP) is 4.86. The molecular weight excluding hydrogens is 668 g/mol. The lowest BCUT2D eigenvalue weighted by Gasteiger charge is -2.33. The fourth-order valence-electron chi connectivity index (χ4n) is 5.99. The number of piperidine rings is 2. The number of pyridine rings is 2. The topological polar surface area (TPSA) is 138 Å². The van der Waals surface area contributed by atoms with Gasteiger partial charge < -0.3 is 28.8 Å². The molecule has 0 radical (unpaired) electrons. The summed E-state index contributed by atoms with van der Waals surface area (Å²) in [5.41, 5.74) is 3.95. The van der Waals surface area contributed by atoms with E-state index in [9.17, 15) is 19.2 Å². The van der Waals surface area contributed by atoms with E-state index in [1.807, 2.05) is 49.2 Å². The van der Waals surface area contributed by atoms with Gasteiger partial charge in [-0.2, -0.15) is 0 Å². The Morgan fingerprint density at radius 1 is 0.830 bits per heavy atom. The highest BCUT2D eigenvalue weighted by molar-refractivity contribution is 9.10. The monoisotopic (exact) mass is 710 g/mol. The van der Waals surface area contributed by atoms with Crippen LogP contribution in [-0.4, -0.2) is 83.0 Å². The van der Waals surface area contributed by atoms with Gasteiger partial charge in [-0.05, 0) is 80.7 Å². The fourth-order valence-corrected chi connectivity index (χ4v) is 6.52. The third-order valence-corrected chi connectivity index (χ3v) is 9.03. The molecule has 0 atom stereocenters. The van der Waals surface area contributed by atoms with Crippen molar-refractivity contribution < 1.29 is 28.7 Å². The number of ether oxygens (including phenoxy) is 2. The summed E-state index contributed by atoms with van der Waals surface area (Å²) in [6.07, 6.45) is 12.2. The molecule has 0 bridgehead atoms. The van der Waals surface area contributed by atoms with Crippen LogP contribution in [0.1, 0.15) is 60.2 Å². The van der Waals surface area contributed by atoms with Crippen LogP contribution in [0.15, 0.2) is 41.4 Å². The number of aromatic nitrogens is 4. The van der Waals surface area contributed by atoms with Gasteiger partial charge in [0.15, 0.2) is 12.6 Å². The molecule has 2 aliphatic heterocycles. The Bertz CT molecular complexity index is 1690. The first-order valence-corrected chi connectivity index (χ1v) is 16.8. The van der Waals surface area contributed by atoms with Gasteiger partial charge in [-0.15, -0.1) is 0 Å². The molecule has 252 valence electrons. The van der Waals surface area contributed by atoms with Crippen LogP contribution < -0.4 is 10.2 Å². The van der Waals surface area contributed by atoms with Crippen molar-refractivity contribution in [2.75, 3.05) is 44.3 Å². The van der Waals surface area contributed by atoms with E-state index in [1.165, 1.54) is 0 Å². The molecule has 2 fully saturated rings. The van der Waals surface area contributed by atoms with Crippen molar-refractivity contribution >= 4 is 68.2 Å². The molecular formula is C34H43BrN6O6. The number of anilines is 1. The molecule has 47 heavy (non-hydrogen) atoms. The van der Waals surface area contributed by atoms with Crippen molar-refractivity contribution in [1.29, 1.82) is 0 Å². The lowest BCUT2D eigenvalue weighted by molar-refractivity contribution is -0.149. The minimum absolute atomic E-state index is 0.0194. The number of aryl methyl sites for hydroxylation is 2. The second-order valence-corrected chi connectivity index (χ2v) is 12.3. The van der Waals surface area contributed by atoms with Gasteiger partial charge in [0.2, 0.25) is 0 Å². The van der Waals surface area contributed by atoms with E-state index in [0.717, 1.165) is 96.7 Å². The summed E-state index contributed by atoms with van der Waals surface area (Å²) in [5, 5.41) is 4.97. The maximum absolute atomic E-state index is 11.9. The quantitative estimate of drug-likeness (QED) is 0.209. The molecule has 0 saturated carbocycles. The average molecular weight is 712 g/mol. The molecule has 0 aliphatic carbocycles.